The molecule has 0 aliphatic rings. The van der Waals surface area contributed by atoms with Crippen LogP contribution in [0.5, 0.6) is 0 Å². The Morgan fingerprint density at radius 1 is 1.20 bits per heavy atom. The number of nitrogens with zero attached hydrogens (tertiary/aromatic N) is 4. The zero-order valence-electron chi connectivity index (χ0n) is 11.0. The number of aromatic nitrogens is 3. The standard InChI is InChI=1S/C16H12N4/c1-20-15-5-3-2-4-14(15)19-16(20)13(11-17)10-12-6-8-18-9-7-12/h2-10H,1H3. The molecule has 0 aliphatic carbocycles. The van der Waals surface area contributed by atoms with Crippen LogP contribution in [0.3, 0.4) is 0 Å². The summed E-state index contributed by atoms with van der Waals surface area (Å²) in [5, 5.41) is 9.40. The van der Waals surface area contributed by atoms with Gasteiger partial charge in [0.1, 0.15) is 6.07 Å². The zero-order valence-corrected chi connectivity index (χ0v) is 11.0. The average molecular weight is 260 g/mol. The third-order valence-corrected chi connectivity index (χ3v) is 3.17. The van der Waals surface area contributed by atoms with Gasteiger partial charge in [-0.25, -0.2) is 4.98 Å². The van der Waals surface area contributed by atoms with Crippen LogP contribution in [0.4, 0.5) is 0 Å². The molecule has 20 heavy (non-hydrogen) atoms. The lowest BCUT2D eigenvalue weighted by Gasteiger charge is -2.00. The second kappa shape index (κ2) is 4.98. The molecular formula is C16H12N4. The van der Waals surface area contributed by atoms with Crippen molar-refractivity contribution in [2.75, 3.05) is 0 Å². The van der Waals surface area contributed by atoms with Crippen molar-refractivity contribution in [2.45, 2.75) is 0 Å². The minimum atomic E-state index is 0.537. The predicted molar refractivity (Wildman–Crippen MR) is 78.4 cm³/mol. The van der Waals surface area contributed by atoms with Gasteiger partial charge in [0.2, 0.25) is 0 Å². The van der Waals surface area contributed by atoms with Crippen LogP contribution < -0.4 is 0 Å². The van der Waals surface area contributed by atoms with Gasteiger partial charge in [0, 0.05) is 19.4 Å². The summed E-state index contributed by atoms with van der Waals surface area (Å²) in [7, 11) is 1.92. The molecule has 0 amide bonds. The van der Waals surface area contributed by atoms with Gasteiger partial charge in [0.15, 0.2) is 5.82 Å². The van der Waals surface area contributed by atoms with Crippen molar-refractivity contribution in [3.63, 3.8) is 0 Å². The van der Waals surface area contributed by atoms with E-state index in [0.29, 0.717) is 11.4 Å². The molecule has 0 aliphatic heterocycles. The maximum atomic E-state index is 9.40. The van der Waals surface area contributed by atoms with Gasteiger partial charge in [-0.2, -0.15) is 5.26 Å². The molecule has 0 atom stereocenters. The minimum absolute atomic E-state index is 0.537. The number of aryl methyl sites for hydroxylation is 1. The van der Waals surface area contributed by atoms with Crippen molar-refractivity contribution >= 4 is 22.7 Å². The first-order valence-electron chi connectivity index (χ1n) is 6.23. The topological polar surface area (TPSA) is 54.5 Å². The van der Waals surface area contributed by atoms with Crippen LogP contribution in [0, 0.1) is 11.3 Å². The number of hydrogen-bond donors (Lipinski definition) is 0. The molecule has 4 nitrogen and oxygen atoms in total. The van der Waals surface area contributed by atoms with Crippen LogP contribution in [0.1, 0.15) is 11.4 Å². The Balaban J connectivity index is 2.16. The molecule has 3 aromatic rings. The second-order valence-corrected chi connectivity index (χ2v) is 4.43. The summed E-state index contributed by atoms with van der Waals surface area (Å²) in [5.41, 5.74) is 3.37. The van der Waals surface area contributed by atoms with Crippen molar-refractivity contribution in [3.05, 3.63) is 60.2 Å². The fourth-order valence-electron chi connectivity index (χ4n) is 2.16. The molecule has 0 fully saturated rings. The molecule has 1 aromatic carbocycles. The first kappa shape index (κ1) is 12.1. The Kier molecular flexibility index (Phi) is 3.02. The Hall–Kier alpha value is -2.93. The summed E-state index contributed by atoms with van der Waals surface area (Å²) in [6.07, 6.45) is 5.23. The lowest BCUT2D eigenvalue weighted by molar-refractivity contribution is 0.925. The van der Waals surface area contributed by atoms with E-state index >= 15 is 0 Å². The molecule has 4 heteroatoms. The molecular weight excluding hydrogens is 248 g/mol. The Morgan fingerprint density at radius 3 is 2.65 bits per heavy atom. The van der Waals surface area contributed by atoms with Gasteiger partial charge < -0.3 is 4.57 Å². The summed E-state index contributed by atoms with van der Waals surface area (Å²) in [6.45, 7) is 0. The molecule has 3 rings (SSSR count). The summed E-state index contributed by atoms with van der Waals surface area (Å²) < 4.78 is 1.94. The molecule has 0 unspecified atom stereocenters. The van der Waals surface area contributed by atoms with Crippen LogP contribution in [0.25, 0.3) is 22.7 Å². The van der Waals surface area contributed by atoms with Crippen molar-refractivity contribution in [2.24, 2.45) is 7.05 Å². The first-order valence-corrected chi connectivity index (χ1v) is 6.23. The van der Waals surface area contributed by atoms with E-state index in [1.54, 1.807) is 12.4 Å². The monoisotopic (exact) mass is 260 g/mol. The third kappa shape index (κ3) is 2.06. The van der Waals surface area contributed by atoms with Gasteiger partial charge in [0.05, 0.1) is 16.6 Å². The number of benzene rings is 1. The van der Waals surface area contributed by atoms with Crippen molar-refractivity contribution in [1.82, 2.24) is 14.5 Å². The number of pyridine rings is 1. The number of imidazole rings is 1. The van der Waals surface area contributed by atoms with Crippen LogP contribution in [-0.2, 0) is 7.05 Å². The number of allylic oxidation sites excluding steroid dienone is 1. The highest BCUT2D eigenvalue weighted by Crippen LogP contribution is 2.21. The minimum Gasteiger partial charge on any atom is -0.327 e. The molecule has 0 N–H and O–H groups in total. The second-order valence-electron chi connectivity index (χ2n) is 4.43. The molecule has 0 spiro atoms. The molecule has 2 heterocycles. The van der Waals surface area contributed by atoms with E-state index < -0.39 is 0 Å². The Bertz CT molecular complexity index is 823. The fraction of sp³-hybridized carbons (Fsp3) is 0.0625. The van der Waals surface area contributed by atoms with E-state index in [2.05, 4.69) is 16.0 Å². The van der Waals surface area contributed by atoms with Crippen molar-refractivity contribution in [1.29, 1.82) is 5.26 Å². The largest absolute Gasteiger partial charge is 0.327 e. The van der Waals surface area contributed by atoms with Crippen LogP contribution >= 0.6 is 0 Å². The van der Waals surface area contributed by atoms with E-state index in [4.69, 9.17) is 0 Å². The molecule has 96 valence electrons. The van der Waals surface area contributed by atoms with E-state index in [-0.39, 0.29) is 0 Å². The number of fused-ring (bicyclic) bond motifs is 1. The van der Waals surface area contributed by atoms with Gasteiger partial charge in [-0.05, 0) is 35.9 Å². The number of para-hydroxylation sites is 2. The smallest absolute Gasteiger partial charge is 0.151 e. The molecule has 0 saturated heterocycles. The normalized spacial score (nSPS) is 11.5. The van der Waals surface area contributed by atoms with E-state index in [9.17, 15) is 5.26 Å². The fourth-order valence-corrected chi connectivity index (χ4v) is 2.16. The summed E-state index contributed by atoms with van der Waals surface area (Å²) in [4.78, 5) is 8.51. The van der Waals surface area contributed by atoms with Crippen LogP contribution in [0.2, 0.25) is 0 Å². The summed E-state index contributed by atoms with van der Waals surface area (Å²) >= 11 is 0. The SMILES string of the molecule is Cn1c(C(C#N)=Cc2ccncc2)nc2ccccc21. The van der Waals surface area contributed by atoms with E-state index in [1.807, 2.05) is 54.1 Å². The molecule has 2 aromatic heterocycles. The van der Waals surface area contributed by atoms with Crippen molar-refractivity contribution < 1.29 is 0 Å². The molecule has 0 bridgehead atoms. The van der Waals surface area contributed by atoms with Crippen LogP contribution in [-0.4, -0.2) is 14.5 Å². The maximum absolute atomic E-state index is 9.40. The Labute approximate surface area is 116 Å². The lowest BCUT2D eigenvalue weighted by Crippen LogP contribution is -1.96. The average Bonchev–Trinajstić information content (AvgIpc) is 2.83. The number of hydrogen-bond acceptors (Lipinski definition) is 3. The molecule has 0 saturated carbocycles. The highest BCUT2D eigenvalue weighted by atomic mass is 15.1. The van der Waals surface area contributed by atoms with Gasteiger partial charge in [-0.1, -0.05) is 12.1 Å². The summed E-state index contributed by atoms with van der Waals surface area (Å²) in [6, 6.07) is 13.8. The van der Waals surface area contributed by atoms with Gasteiger partial charge >= 0.3 is 0 Å². The highest BCUT2D eigenvalue weighted by Gasteiger charge is 2.11. The van der Waals surface area contributed by atoms with Gasteiger partial charge in [-0.15, -0.1) is 0 Å². The van der Waals surface area contributed by atoms with Gasteiger partial charge in [0.25, 0.3) is 0 Å². The summed E-state index contributed by atoms with van der Waals surface area (Å²) in [5.74, 6) is 0.672. The maximum Gasteiger partial charge on any atom is 0.151 e. The lowest BCUT2D eigenvalue weighted by atomic mass is 10.1. The Morgan fingerprint density at radius 2 is 1.95 bits per heavy atom. The van der Waals surface area contributed by atoms with Gasteiger partial charge in [-0.3, -0.25) is 4.98 Å². The highest BCUT2D eigenvalue weighted by molar-refractivity contribution is 5.90. The quantitative estimate of drug-likeness (QED) is 0.665. The van der Waals surface area contributed by atoms with E-state index in [1.165, 1.54) is 0 Å². The first-order chi connectivity index (χ1) is 9.79. The number of rotatable bonds is 2. The zero-order chi connectivity index (χ0) is 13.9. The number of nitriles is 1. The van der Waals surface area contributed by atoms with Crippen molar-refractivity contribution in [3.8, 4) is 6.07 Å². The predicted octanol–water partition coefficient (Wildman–Crippen LogP) is 3.03. The van der Waals surface area contributed by atoms with Crippen LogP contribution in [0.15, 0.2) is 48.8 Å². The third-order valence-electron chi connectivity index (χ3n) is 3.17. The molecule has 0 radical (unpaired) electrons. The van der Waals surface area contributed by atoms with E-state index in [0.717, 1.165) is 16.6 Å².